The van der Waals surface area contributed by atoms with Crippen LogP contribution in [-0.2, 0) is 12.8 Å². The molecule has 0 aromatic carbocycles. The summed E-state index contributed by atoms with van der Waals surface area (Å²) in [5, 5.41) is 3.30. The summed E-state index contributed by atoms with van der Waals surface area (Å²) in [5.74, 6) is 1.76. The van der Waals surface area contributed by atoms with Crippen molar-refractivity contribution < 1.29 is 0 Å². The highest BCUT2D eigenvalue weighted by Crippen LogP contribution is 2.20. The van der Waals surface area contributed by atoms with Crippen LogP contribution < -0.4 is 5.32 Å². The molecular weight excluding hydrogens is 351 g/mol. The fraction of sp³-hybridized carbons (Fsp3) is 0.357. The van der Waals surface area contributed by atoms with Gasteiger partial charge in [0.2, 0.25) is 0 Å². The Morgan fingerprint density at radius 3 is 2.68 bits per heavy atom. The number of hydrogen-bond acceptors (Lipinski definition) is 4. The normalized spacial score (nSPS) is 10.5. The highest BCUT2D eigenvalue weighted by Gasteiger charge is 2.11. The number of hydrogen-bond donors (Lipinski definition) is 1. The van der Waals surface area contributed by atoms with E-state index in [1.807, 2.05) is 18.2 Å². The van der Waals surface area contributed by atoms with Gasteiger partial charge in [-0.3, -0.25) is 4.98 Å². The second-order valence-electron chi connectivity index (χ2n) is 4.13. The van der Waals surface area contributed by atoms with E-state index in [1.165, 1.54) is 0 Å². The third-order valence-electron chi connectivity index (χ3n) is 2.71. The minimum atomic E-state index is 0.670. The van der Waals surface area contributed by atoms with Crippen molar-refractivity contribution in [1.29, 1.82) is 0 Å². The quantitative estimate of drug-likeness (QED) is 0.825. The fourth-order valence-electron chi connectivity index (χ4n) is 1.81. The van der Waals surface area contributed by atoms with Crippen LogP contribution in [0.1, 0.15) is 31.1 Å². The summed E-state index contributed by atoms with van der Waals surface area (Å²) in [6, 6.07) is 5.90. The first kappa shape index (κ1) is 14.2. The molecule has 0 unspecified atom stereocenters. The van der Waals surface area contributed by atoms with Gasteiger partial charge in [-0.05, 0) is 48.1 Å². The van der Waals surface area contributed by atoms with Crippen LogP contribution in [0.15, 0.2) is 24.4 Å². The van der Waals surface area contributed by atoms with Gasteiger partial charge in [-0.15, -0.1) is 0 Å². The molecule has 0 amide bonds. The molecule has 0 fully saturated rings. The Morgan fingerprint density at radius 1 is 1.21 bits per heavy atom. The van der Waals surface area contributed by atoms with Crippen LogP contribution in [0.5, 0.6) is 0 Å². The third-order valence-corrected chi connectivity index (χ3v) is 3.84. The molecule has 2 heterocycles. The van der Waals surface area contributed by atoms with Gasteiger partial charge in [-0.2, -0.15) is 0 Å². The van der Waals surface area contributed by atoms with Crippen molar-refractivity contribution in [2.75, 3.05) is 11.9 Å². The van der Waals surface area contributed by atoms with Gasteiger partial charge < -0.3 is 5.32 Å². The molecule has 0 radical (unpaired) electrons. The molecule has 100 valence electrons. The lowest BCUT2D eigenvalue weighted by Crippen LogP contribution is -2.10. The summed E-state index contributed by atoms with van der Waals surface area (Å²) in [7, 11) is 0. The van der Waals surface area contributed by atoms with Gasteiger partial charge in [-0.1, -0.05) is 13.0 Å². The van der Waals surface area contributed by atoms with Crippen molar-refractivity contribution in [3.63, 3.8) is 0 Å². The van der Waals surface area contributed by atoms with Crippen LogP contribution >= 0.6 is 22.6 Å². The maximum Gasteiger partial charge on any atom is 0.143 e. The summed E-state index contributed by atoms with van der Waals surface area (Å²) in [6.07, 6.45) is 3.38. The average Bonchev–Trinajstić information content (AvgIpc) is 2.43. The Hall–Kier alpha value is -1.24. The summed E-state index contributed by atoms with van der Waals surface area (Å²) < 4.78 is 1.12. The summed E-state index contributed by atoms with van der Waals surface area (Å²) >= 11 is 2.31. The molecule has 0 aliphatic rings. The van der Waals surface area contributed by atoms with Crippen LogP contribution in [0.2, 0.25) is 0 Å². The predicted molar refractivity (Wildman–Crippen MR) is 85.3 cm³/mol. The van der Waals surface area contributed by atoms with Crippen LogP contribution in [0.25, 0.3) is 0 Å². The number of halogens is 1. The number of aromatic nitrogens is 3. The van der Waals surface area contributed by atoms with Gasteiger partial charge in [0.05, 0.1) is 15.7 Å². The Labute approximate surface area is 127 Å². The Morgan fingerprint density at radius 2 is 2.05 bits per heavy atom. The molecular formula is C14H17IN4. The molecule has 2 aromatic heterocycles. The van der Waals surface area contributed by atoms with Crippen molar-refractivity contribution in [3.8, 4) is 0 Å². The summed E-state index contributed by atoms with van der Waals surface area (Å²) in [5.41, 5.74) is 2.09. The maximum absolute atomic E-state index is 4.63. The molecule has 0 aliphatic heterocycles. The van der Waals surface area contributed by atoms with Crippen molar-refractivity contribution >= 4 is 28.4 Å². The Bertz CT molecular complexity index is 543. The smallest absolute Gasteiger partial charge is 0.143 e. The van der Waals surface area contributed by atoms with E-state index >= 15 is 0 Å². The molecule has 0 bridgehead atoms. The fourth-order valence-corrected chi connectivity index (χ4v) is 2.62. The van der Waals surface area contributed by atoms with E-state index in [0.29, 0.717) is 6.42 Å². The number of anilines is 1. The first-order valence-electron chi connectivity index (χ1n) is 6.43. The molecule has 0 saturated heterocycles. The molecule has 1 N–H and O–H groups in total. The molecule has 0 spiro atoms. The van der Waals surface area contributed by atoms with E-state index in [2.05, 4.69) is 56.7 Å². The van der Waals surface area contributed by atoms with E-state index < -0.39 is 0 Å². The van der Waals surface area contributed by atoms with Gasteiger partial charge in [0.15, 0.2) is 0 Å². The van der Waals surface area contributed by atoms with Gasteiger partial charge in [-0.25, -0.2) is 9.97 Å². The molecule has 4 nitrogen and oxygen atoms in total. The van der Waals surface area contributed by atoms with Gasteiger partial charge >= 0.3 is 0 Å². The van der Waals surface area contributed by atoms with Gasteiger partial charge in [0.1, 0.15) is 11.6 Å². The zero-order valence-corrected chi connectivity index (χ0v) is 13.3. The molecule has 0 saturated carbocycles. The van der Waals surface area contributed by atoms with Crippen molar-refractivity contribution in [2.24, 2.45) is 0 Å². The second-order valence-corrected chi connectivity index (χ2v) is 5.21. The van der Waals surface area contributed by atoms with E-state index in [9.17, 15) is 0 Å². The Balaban J connectivity index is 2.32. The van der Waals surface area contributed by atoms with Gasteiger partial charge in [0, 0.05) is 18.4 Å². The number of aryl methyl sites for hydroxylation is 1. The zero-order chi connectivity index (χ0) is 13.7. The molecule has 19 heavy (non-hydrogen) atoms. The van der Waals surface area contributed by atoms with Crippen LogP contribution in [-0.4, -0.2) is 21.5 Å². The van der Waals surface area contributed by atoms with Gasteiger partial charge in [0.25, 0.3) is 0 Å². The van der Waals surface area contributed by atoms with E-state index in [1.54, 1.807) is 6.20 Å². The number of nitrogens with zero attached hydrogens (tertiary/aromatic N) is 3. The minimum Gasteiger partial charge on any atom is -0.369 e. The second kappa shape index (κ2) is 6.79. The molecule has 0 atom stereocenters. The highest BCUT2D eigenvalue weighted by molar-refractivity contribution is 14.1. The average molecular weight is 368 g/mol. The topological polar surface area (TPSA) is 50.7 Å². The van der Waals surface area contributed by atoms with Crippen LogP contribution in [0.3, 0.4) is 0 Å². The number of rotatable bonds is 5. The Kier molecular flexibility index (Phi) is 5.07. The third kappa shape index (κ3) is 3.62. The van der Waals surface area contributed by atoms with Crippen molar-refractivity contribution in [3.05, 3.63) is 45.2 Å². The molecule has 5 heteroatoms. The lowest BCUT2D eigenvalue weighted by molar-refractivity contribution is 0.878. The highest BCUT2D eigenvalue weighted by atomic mass is 127. The maximum atomic E-state index is 4.63. The van der Waals surface area contributed by atoms with Crippen LogP contribution in [0.4, 0.5) is 5.82 Å². The van der Waals surface area contributed by atoms with Crippen molar-refractivity contribution in [2.45, 2.75) is 26.7 Å². The van der Waals surface area contributed by atoms with E-state index in [4.69, 9.17) is 0 Å². The number of nitrogens with one attached hydrogen (secondary N) is 1. The largest absolute Gasteiger partial charge is 0.369 e. The first-order valence-corrected chi connectivity index (χ1v) is 7.51. The monoisotopic (exact) mass is 368 g/mol. The zero-order valence-electron chi connectivity index (χ0n) is 11.2. The van der Waals surface area contributed by atoms with Crippen LogP contribution in [0, 0.1) is 3.57 Å². The molecule has 0 aliphatic carbocycles. The molecule has 2 aromatic rings. The molecule has 2 rings (SSSR count). The lowest BCUT2D eigenvalue weighted by atomic mass is 10.2. The lowest BCUT2D eigenvalue weighted by Gasteiger charge is -2.11. The minimum absolute atomic E-state index is 0.670. The van der Waals surface area contributed by atoms with E-state index in [-0.39, 0.29) is 0 Å². The summed E-state index contributed by atoms with van der Waals surface area (Å²) in [4.78, 5) is 13.6. The number of pyridine rings is 1. The van der Waals surface area contributed by atoms with Crippen molar-refractivity contribution in [1.82, 2.24) is 15.0 Å². The standard InChI is InChI=1S/C14H17IN4/c1-3-11-13(15)14(16-4-2)19-12(18-11)9-10-7-5-6-8-17-10/h5-8H,3-4,9H2,1-2H3,(H,16,18,19). The SMILES string of the molecule is CCNc1nc(Cc2ccccn2)nc(CC)c1I. The summed E-state index contributed by atoms with van der Waals surface area (Å²) in [6.45, 7) is 5.05. The predicted octanol–water partition coefficient (Wildman–Crippen LogP) is 3.06. The first-order chi connectivity index (χ1) is 9.24. The van der Waals surface area contributed by atoms with E-state index in [0.717, 1.165) is 39.6 Å².